The maximum atomic E-state index is 13.3. The molecule has 0 bridgehead atoms. The van der Waals surface area contributed by atoms with Crippen LogP contribution in [0.2, 0.25) is 0 Å². The van der Waals surface area contributed by atoms with E-state index in [0.717, 1.165) is 70.8 Å². The number of hydrogen-bond acceptors (Lipinski definition) is 3. The van der Waals surface area contributed by atoms with Crippen LogP contribution in [0.1, 0.15) is 156 Å². The molecule has 0 heterocycles. The average molecular weight is 544 g/mol. The summed E-state index contributed by atoms with van der Waals surface area (Å²) < 4.78 is 0. The van der Waals surface area contributed by atoms with Gasteiger partial charge in [0.15, 0.2) is 0 Å². The summed E-state index contributed by atoms with van der Waals surface area (Å²) >= 11 is 0. The smallest absolute Gasteiger partial charge is 0.222 e. The number of hydrogen-bond donors (Lipinski definition) is 1. The van der Waals surface area contributed by atoms with Crippen molar-refractivity contribution in [1.82, 2.24) is 4.90 Å². The van der Waals surface area contributed by atoms with Gasteiger partial charge in [-0.2, -0.15) is 0 Å². The van der Waals surface area contributed by atoms with Crippen molar-refractivity contribution in [2.75, 3.05) is 13.1 Å². The van der Waals surface area contributed by atoms with E-state index in [0.29, 0.717) is 42.4 Å². The normalized spacial score (nSPS) is 37.7. The third kappa shape index (κ3) is 6.78. The molecule has 39 heavy (non-hydrogen) atoms. The maximum Gasteiger partial charge on any atom is 0.222 e. The molecule has 4 nitrogen and oxygen atoms in total. The lowest BCUT2D eigenvalue weighted by atomic mass is 9.44. The summed E-state index contributed by atoms with van der Waals surface area (Å²) in [6.45, 7) is 10.6. The lowest BCUT2D eigenvalue weighted by molar-refractivity contribution is -0.161. The zero-order valence-corrected chi connectivity index (χ0v) is 26.1. The molecule has 4 saturated carbocycles. The summed E-state index contributed by atoms with van der Waals surface area (Å²) in [7, 11) is 0. The van der Waals surface area contributed by atoms with Gasteiger partial charge in [-0.3, -0.25) is 9.59 Å². The minimum Gasteiger partial charge on any atom is -0.388 e. The Morgan fingerprint density at radius 2 is 1.54 bits per heavy atom. The molecule has 0 aromatic carbocycles. The second kappa shape index (κ2) is 13.4. The number of carbonyl (C=O) groups is 2. The second-order valence-electron chi connectivity index (χ2n) is 14.9. The van der Waals surface area contributed by atoms with Gasteiger partial charge in [-0.15, -0.1) is 0 Å². The van der Waals surface area contributed by atoms with Crippen molar-refractivity contribution in [3.8, 4) is 0 Å². The highest BCUT2D eigenvalue weighted by Crippen LogP contribution is 2.66. The first-order valence-corrected chi connectivity index (χ1v) is 17.2. The molecule has 224 valence electrons. The molecule has 4 aliphatic carbocycles. The van der Waals surface area contributed by atoms with Gasteiger partial charge in [-0.05, 0) is 93.3 Å². The number of carbonyl (C=O) groups excluding carboxylic acids is 2. The van der Waals surface area contributed by atoms with E-state index in [2.05, 4.69) is 32.6 Å². The van der Waals surface area contributed by atoms with Crippen LogP contribution in [0.5, 0.6) is 0 Å². The van der Waals surface area contributed by atoms with Crippen molar-refractivity contribution in [1.29, 1.82) is 0 Å². The molecule has 7 atom stereocenters. The van der Waals surface area contributed by atoms with Gasteiger partial charge >= 0.3 is 0 Å². The number of amides is 1. The summed E-state index contributed by atoms with van der Waals surface area (Å²) in [5.41, 5.74) is -0.532. The van der Waals surface area contributed by atoms with E-state index in [1.165, 1.54) is 57.8 Å². The Morgan fingerprint density at radius 3 is 2.28 bits per heavy atom. The molecule has 0 aliphatic heterocycles. The molecule has 0 aromatic rings. The van der Waals surface area contributed by atoms with Crippen LogP contribution in [0.3, 0.4) is 0 Å². The molecule has 0 radical (unpaired) electrons. The standard InChI is InChI=1S/C35H61NO3/c1-5-7-9-10-11-12-14-24-36(32(38)15-13-8-6-2)26-35(39)23-22-33(3)27(25-35)16-17-28-29-18-19-31(37)34(29,4)21-20-30(28)33/h27-30,39H,5-26H2,1-4H3/t27-,28-,29-,30-,33-,34-,35+/m0/s1. The van der Waals surface area contributed by atoms with Crippen LogP contribution in [0.15, 0.2) is 0 Å². The van der Waals surface area contributed by atoms with Gasteiger partial charge in [0.25, 0.3) is 0 Å². The summed E-state index contributed by atoms with van der Waals surface area (Å²) in [5, 5.41) is 12.0. The van der Waals surface area contributed by atoms with Gasteiger partial charge in [-0.25, -0.2) is 0 Å². The van der Waals surface area contributed by atoms with E-state index in [4.69, 9.17) is 0 Å². The van der Waals surface area contributed by atoms with Crippen LogP contribution >= 0.6 is 0 Å². The topological polar surface area (TPSA) is 57.6 Å². The Hall–Kier alpha value is -0.900. The molecule has 0 aromatic heterocycles. The third-order valence-corrected chi connectivity index (χ3v) is 12.4. The van der Waals surface area contributed by atoms with E-state index in [1.54, 1.807) is 0 Å². The lowest BCUT2D eigenvalue weighted by Gasteiger charge is -2.61. The highest BCUT2D eigenvalue weighted by molar-refractivity contribution is 5.87. The summed E-state index contributed by atoms with van der Waals surface area (Å²) in [4.78, 5) is 28.2. The molecular weight excluding hydrogens is 482 g/mol. The Balaban J connectivity index is 1.37. The van der Waals surface area contributed by atoms with Crippen molar-refractivity contribution in [3.05, 3.63) is 0 Å². The minimum atomic E-state index is -0.745. The molecular formula is C35H61NO3. The highest BCUT2D eigenvalue weighted by atomic mass is 16.3. The van der Waals surface area contributed by atoms with E-state index < -0.39 is 5.60 Å². The number of Topliss-reactive ketones (excluding diaryl/α,β-unsaturated/α-hetero) is 1. The number of ketones is 1. The highest BCUT2D eigenvalue weighted by Gasteiger charge is 2.61. The number of fused-ring (bicyclic) bond motifs is 5. The minimum absolute atomic E-state index is 0.0611. The lowest BCUT2D eigenvalue weighted by Crippen LogP contribution is -2.58. The van der Waals surface area contributed by atoms with Crippen LogP contribution < -0.4 is 0 Å². The van der Waals surface area contributed by atoms with Crippen molar-refractivity contribution < 1.29 is 14.7 Å². The number of aliphatic hydroxyl groups is 1. The molecule has 0 unspecified atom stereocenters. The molecule has 4 rings (SSSR count). The zero-order valence-electron chi connectivity index (χ0n) is 26.1. The molecule has 1 N–H and O–H groups in total. The van der Waals surface area contributed by atoms with E-state index in [1.807, 2.05) is 0 Å². The molecule has 0 saturated heterocycles. The number of nitrogens with zero attached hydrogens (tertiary/aromatic N) is 1. The van der Waals surface area contributed by atoms with Crippen LogP contribution in [0.25, 0.3) is 0 Å². The molecule has 0 spiro atoms. The fourth-order valence-corrected chi connectivity index (χ4v) is 9.83. The van der Waals surface area contributed by atoms with Gasteiger partial charge in [0.05, 0.1) is 5.60 Å². The monoisotopic (exact) mass is 543 g/mol. The fraction of sp³-hybridized carbons (Fsp3) is 0.943. The molecule has 1 amide bonds. The zero-order chi connectivity index (χ0) is 28.1. The largest absolute Gasteiger partial charge is 0.388 e. The van der Waals surface area contributed by atoms with Gasteiger partial charge in [0.2, 0.25) is 5.91 Å². The van der Waals surface area contributed by atoms with E-state index in [-0.39, 0.29) is 16.7 Å². The predicted molar refractivity (Wildman–Crippen MR) is 160 cm³/mol. The summed E-state index contributed by atoms with van der Waals surface area (Å²) in [6.07, 6.45) is 21.9. The van der Waals surface area contributed by atoms with Crippen LogP contribution in [0, 0.1) is 34.5 Å². The predicted octanol–water partition coefficient (Wildman–Crippen LogP) is 8.49. The van der Waals surface area contributed by atoms with E-state index in [9.17, 15) is 14.7 Å². The van der Waals surface area contributed by atoms with Crippen molar-refractivity contribution in [2.24, 2.45) is 34.5 Å². The van der Waals surface area contributed by atoms with Gasteiger partial charge in [0.1, 0.15) is 5.78 Å². The van der Waals surface area contributed by atoms with E-state index >= 15 is 0 Å². The Kier molecular flexibility index (Phi) is 10.7. The number of unbranched alkanes of at least 4 members (excludes halogenated alkanes) is 8. The Bertz CT molecular complexity index is 827. The second-order valence-corrected chi connectivity index (χ2v) is 14.9. The first kappa shape index (κ1) is 31.0. The van der Waals surface area contributed by atoms with Crippen LogP contribution in [0.4, 0.5) is 0 Å². The molecule has 4 aliphatic rings. The summed E-state index contributed by atoms with van der Waals surface area (Å²) in [6, 6.07) is 0. The number of rotatable bonds is 14. The SMILES string of the molecule is CCCCCCCCCN(C[C@@]1(O)CC[C@@]2(C)[C@@H](CC[C@@H]3[C@@H]2CC[C@]2(C)C(=O)CC[C@@H]32)C1)C(=O)CCCCC. The average Bonchev–Trinajstić information content (AvgIpc) is 3.22. The third-order valence-electron chi connectivity index (χ3n) is 12.4. The maximum absolute atomic E-state index is 13.3. The Morgan fingerprint density at radius 1 is 0.846 bits per heavy atom. The van der Waals surface area contributed by atoms with Gasteiger partial charge in [-0.1, -0.05) is 79.1 Å². The van der Waals surface area contributed by atoms with Crippen molar-refractivity contribution in [2.45, 2.75) is 162 Å². The van der Waals surface area contributed by atoms with Crippen molar-refractivity contribution >= 4 is 11.7 Å². The first-order valence-electron chi connectivity index (χ1n) is 17.2. The molecule has 4 fully saturated rings. The molecule has 4 heteroatoms. The van der Waals surface area contributed by atoms with Crippen molar-refractivity contribution in [3.63, 3.8) is 0 Å². The van der Waals surface area contributed by atoms with Gasteiger partial charge in [0, 0.05) is 31.3 Å². The summed E-state index contributed by atoms with van der Waals surface area (Å²) in [5.74, 6) is 3.30. The van der Waals surface area contributed by atoms with Gasteiger partial charge < -0.3 is 10.0 Å². The fourth-order valence-electron chi connectivity index (χ4n) is 9.83. The first-order chi connectivity index (χ1) is 18.7. The quantitative estimate of drug-likeness (QED) is 0.223. The Labute approximate surface area is 240 Å². The van der Waals surface area contributed by atoms with Crippen LogP contribution in [-0.4, -0.2) is 40.4 Å². The van der Waals surface area contributed by atoms with Crippen LogP contribution in [-0.2, 0) is 9.59 Å².